The zero-order chi connectivity index (χ0) is 20.8. The predicted molar refractivity (Wildman–Crippen MR) is 113 cm³/mol. The van der Waals surface area contributed by atoms with E-state index in [0.717, 1.165) is 25.2 Å². The molecule has 6 heteroatoms. The molecule has 1 aliphatic heterocycles. The van der Waals surface area contributed by atoms with Gasteiger partial charge in [-0.1, -0.05) is 29.8 Å². The second kappa shape index (κ2) is 9.47. The average molecular weight is 396 g/mol. The van der Waals surface area contributed by atoms with Crippen molar-refractivity contribution < 1.29 is 19.4 Å². The van der Waals surface area contributed by atoms with Crippen LogP contribution >= 0.6 is 0 Å². The molecule has 0 atom stereocenters. The summed E-state index contributed by atoms with van der Waals surface area (Å²) in [4.78, 5) is 16.8. The third-order valence-corrected chi connectivity index (χ3v) is 5.13. The molecule has 0 unspecified atom stereocenters. The van der Waals surface area contributed by atoms with Gasteiger partial charge in [0.15, 0.2) is 11.5 Å². The molecule has 2 aromatic carbocycles. The minimum absolute atomic E-state index is 0.0222. The summed E-state index contributed by atoms with van der Waals surface area (Å²) in [5.41, 5.74) is 3.29. The maximum atomic E-state index is 12.6. The third kappa shape index (κ3) is 5.29. The van der Waals surface area contributed by atoms with Crippen LogP contribution in [0.25, 0.3) is 6.08 Å². The normalized spacial score (nSPS) is 14.9. The number of aryl methyl sites for hydroxylation is 1. The van der Waals surface area contributed by atoms with Gasteiger partial charge in [-0.2, -0.15) is 0 Å². The van der Waals surface area contributed by atoms with Crippen molar-refractivity contribution in [3.8, 4) is 17.2 Å². The van der Waals surface area contributed by atoms with E-state index in [1.165, 1.54) is 25.3 Å². The first-order chi connectivity index (χ1) is 14.0. The Morgan fingerprint density at radius 2 is 1.62 bits per heavy atom. The molecule has 6 nitrogen and oxygen atoms in total. The summed E-state index contributed by atoms with van der Waals surface area (Å²) in [6.45, 7) is 6.12. The van der Waals surface area contributed by atoms with E-state index in [1.54, 1.807) is 24.3 Å². The third-order valence-electron chi connectivity index (χ3n) is 5.13. The number of phenols is 1. The first-order valence-corrected chi connectivity index (χ1v) is 9.70. The van der Waals surface area contributed by atoms with Crippen molar-refractivity contribution >= 4 is 12.0 Å². The highest BCUT2D eigenvalue weighted by Crippen LogP contribution is 2.37. The first kappa shape index (κ1) is 20.7. The van der Waals surface area contributed by atoms with E-state index in [1.807, 2.05) is 4.90 Å². The van der Waals surface area contributed by atoms with Crippen molar-refractivity contribution in [2.45, 2.75) is 13.5 Å². The molecule has 2 aromatic rings. The number of carbonyl (C=O) groups excluding carboxylic acids is 1. The van der Waals surface area contributed by atoms with E-state index in [0.29, 0.717) is 24.6 Å². The number of ether oxygens (including phenoxy) is 2. The summed E-state index contributed by atoms with van der Waals surface area (Å²) < 4.78 is 10.3. The lowest BCUT2D eigenvalue weighted by atomic mass is 10.1. The van der Waals surface area contributed by atoms with Gasteiger partial charge in [0, 0.05) is 38.8 Å². The molecule has 0 saturated carbocycles. The molecule has 1 amide bonds. The van der Waals surface area contributed by atoms with Gasteiger partial charge in [-0.25, -0.2) is 0 Å². The molecule has 1 fully saturated rings. The Bertz CT molecular complexity index is 844. The molecule has 1 N–H and O–H groups in total. The van der Waals surface area contributed by atoms with Gasteiger partial charge in [0.2, 0.25) is 11.7 Å². The van der Waals surface area contributed by atoms with E-state index in [-0.39, 0.29) is 11.7 Å². The molecule has 0 radical (unpaired) electrons. The van der Waals surface area contributed by atoms with E-state index in [9.17, 15) is 9.90 Å². The Hall–Kier alpha value is -2.99. The smallest absolute Gasteiger partial charge is 0.246 e. The van der Waals surface area contributed by atoms with Gasteiger partial charge in [0.1, 0.15) is 0 Å². The van der Waals surface area contributed by atoms with Crippen LogP contribution in [0.1, 0.15) is 16.7 Å². The van der Waals surface area contributed by atoms with Crippen LogP contribution in [0.3, 0.4) is 0 Å². The van der Waals surface area contributed by atoms with Crippen molar-refractivity contribution in [2.24, 2.45) is 0 Å². The van der Waals surface area contributed by atoms with Crippen LogP contribution in [0.15, 0.2) is 42.5 Å². The van der Waals surface area contributed by atoms with Gasteiger partial charge in [-0.3, -0.25) is 9.69 Å². The largest absolute Gasteiger partial charge is 0.502 e. The summed E-state index contributed by atoms with van der Waals surface area (Å²) in [5.74, 6) is 0.538. The summed E-state index contributed by atoms with van der Waals surface area (Å²) in [5, 5.41) is 9.98. The topological polar surface area (TPSA) is 62.2 Å². The van der Waals surface area contributed by atoms with Crippen LogP contribution in [0.2, 0.25) is 0 Å². The standard InChI is InChI=1S/C23H28N2O4/c1-17-4-6-18(7-5-17)16-24-10-12-25(13-11-24)22(26)9-8-19-14-20(28-2)23(27)21(15-19)29-3/h4-9,14-15,27H,10-13,16H2,1-3H3/b9-8-. The molecule has 0 aromatic heterocycles. The van der Waals surface area contributed by atoms with Crippen molar-refractivity contribution in [3.63, 3.8) is 0 Å². The summed E-state index contributed by atoms with van der Waals surface area (Å²) in [6, 6.07) is 11.9. The van der Waals surface area contributed by atoms with E-state index < -0.39 is 0 Å². The first-order valence-electron chi connectivity index (χ1n) is 9.70. The fourth-order valence-electron chi connectivity index (χ4n) is 3.36. The number of rotatable bonds is 6. The van der Waals surface area contributed by atoms with Crippen molar-refractivity contribution in [3.05, 3.63) is 59.2 Å². The maximum Gasteiger partial charge on any atom is 0.246 e. The van der Waals surface area contributed by atoms with E-state index in [2.05, 4.69) is 36.1 Å². The van der Waals surface area contributed by atoms with Crippen LogP contribution in [-0.4, -0.2) is 61.2 Å². The minimum atomic E-state index is -0.0526. The highest BCUT2D eigenvalue weighted by atomic mass is 16.5. The lowest BCUT2D eigenvalue weighted by Gasteiger charge is -2.34. The molecule has 3 rings (SSSR count). The molecule has 1 heterocycles. The van der Waals surface area contributed by atoms with E-state index >= 15 is 0 Å². The number of piperazine rings is 1. The molecule has 1 aliphatic rings. The van der Waals surface area contributed by atoms with Crippen LogP contribution < -0.4 is 9.47 Å². The fourth-order valence-corrected chi connectivity index (χ4v) is 3.36. The summed E-state index contributed by atoms with van der Waals surface area (Å²) in [6.07, 6.45) is 3.27. The molecule has 154 valence electrons. The number of phenolic OH excluding ortho intramolecular Hbond substituents is 1. The number of aromatic hydroxyl groups is 1. The van der Waals surface area contributed by atoms with Crippen molar-refractivity contribution in [1.82, 2.24) is 9.80 Å². The molecular formula is C23H28N2O4. The van der Waals surface area contributed by atoms with Gasteiger partial charge < -0.3 is 19.5 Å². The Morgan fingerprint density at radius 1 is 1.03 bits per heavy atom. The highest BCUT2D eigenvalue weighted by molar-refractivity contribution is 5.92. The van der Waals surface area contributed by atoms with Gasteiger partial charge >= 0.3 is 0 Å². The average Bonchev–Trinajstić information content (AvgIpc) is 2.75. The number of methoxy groups -OCH3 is 2. The number of carbonyl (C=O) groups is 1. The summed E-state index contributed by atoms with van der Waals surface area (Å²) in [7, 11) is 2.95. The molecule has 0 bridgehead atoms. The van der Waals surface area contributed by atoms with Crippen molar-refractivity contribution in [1.29, 1.82) is 0 Å². The molecule has 1 saturated heterocycles. The monoisotopic (exact) mass is 396 g/mol. The number of amides is 1. The second-order valence-electron chi connectivity index (χ2n) is 7.19. The van der Waals surface area contributed by atoms with Crippen LogP contribution in [0.4, 0.5) is 0 Å². The van der Waals surface area contributed by atoms with Gasteiger partial charge in [0.25, 0.3) is 0 Å². The van der Waals surface area contributed by atoms with Crippen LogP contribution in [0.5, 0.6) is 17.2 Å². The maximum absolute atomic E-state index is 12.6. The van der Waals surface area contributed by atoms with Crippen LogP contribution in [-0.2, 0) is 11.3 Å². The SMILES string of the molecule is COc1cc(/C=C\C(=O)N2CCN(Cc3ccc(C)cc3)CC2)cc(OC)c1O. The highest BCUT2D eigenvalue weighted by Gasteiger charge is 2.19. The van der Waals surface area contributed by atoms with Crippen LogP contribution in [0, 0.1) is 6.92 Å². The lowest BCUT2D eigenvalue weighted by molar-refractivity contribution is -0.127. The zero-order valence-corrected chi connectivity index (χ0v) is 17.2. The van der Waals surface area contributed by atoms with Gasteiger partial charge in [0.05, 0.1) is 14.2 Å². The quantitative estimate of drug-likeness (QED) is 0.761. The number of nitrogens with zero attached hydrogens (tertiary/aromatic N) is 2. The Labute approximate surface area is 172 Å². The molecule has 29 heavy (non-hydrogen) atoms. The predicted octanol–water partition coefficient (Wildman–Crippen LogP) is 3.08. The number of hydrogen-bond acceptors (Lipinski definition) is 5. The molecule has 0 aliphatic carbocycles. The Balaban J connectivity index is 1.56. The van der Waals surface area contributed by atoms with Crippen molar-refractivity contribution in [2.75, 3.05) is 40.4 Å². The van der Waals surface area contributed by atoms with Gasteiger partial charge in [-0.05, 0) is 36.3 Å². The lowest BCUT2D eigenvalue weighted by Crippen LogP contribution is -2.47. The van der Waals surface area contributed by atoms with E-state index in [4.69, 9.17) is 9.47 Å². The molecular weight excluding hydrogens is 368 g/mol. The Kier molecular flexibility index (Phi) is 6.77. The Morgan fingerprint density at radius 3 is 2.17 bits per heavy atom. The number of benzene rings is 2. The molecule has 0 spiro atoms. The second-order valence-corrected chi connectivity index (χ2v) is 7.19. The summed E-state index contributed by atoms with van der Waals surface area (Å²) >= 11 is 0. The fraction of sp³-hybridized carbons (Fsp3) is 0.348. The minimum Gasteiger partial charge on any atom is -0.502 e. The van der Waals surface area contributed by atoms with Gasteiger partial charge in [-0.15, -0.1) is 0 Å². The zero-order valence-electron chi connectivity index (χ0n) is 17.2. The number of hydrogen-bond donors (Lipinski definition) is 1.